The summed E-state index contributed by atoms with van der Waals surface area (Å²) in [7, 11) is 2.17. The summed E-state index contributed by atoms with van der Waals surface area (Å²) in [5.41, 5.74) is 6.09. The molecule has 66 valence electrons. The van der Waals surface area contributed by atoms with Crippen LogP contribution in [-0.2, 0) is 0 Å². The summed E-state index contributed by atoms with van der Waals surface area (Å²) in [6, 6.07) is 0.700. The minimum absolute atomic E-state index is 0.601. The van der Waals surface area contributed by atoms with Crippen LogP contribution < -0.4 is 5.73 Å². The molecule has 2 N–H and O–H groups in total. The highest BCUT2D eigenvalue weighted by Crippen LogP contribution is 2.49. The Morgan fingerprint density at radius 3 is 2.45 bits per heavy atom. The van der Waals surface area contributed by atoms with Crippen molar-refractivity contribution in [3.63, 3.8) is 0 Å². The molecule has 1 aliphatic carbocycles. The first kappa shape index (κ1) is 9.01. The average molecular weight is 156 g/mol. The number of nitrogens with two attached hydrogens (primary N) is 1. The lowest BCUT2D eigenvalue weighted by Gasteiger charge is -2.29. The normalized spacial score (nSPS) is 23.7. The predicted octanol–water partition coefficient (Wildman–Crippen LogP) is 1.07. The molecule has 0 aromatic rings. The largest absolute Gasteiger partial charge is 0.329 e. The van der Waals surface area contributed by atoms with Gasteiger partial charge in [0.25, 0.3) is 0 Å². The molecule has 1 rings (SSSR count). The summed E-state index contributed by atoms with van der Waals surface area (Å²) in [5.74, 6) is 0. The minimum atomic E-state index is 0.601. The van der Waals surface area contributed by atoms with Crippen LogP contribution in [0.4, 0.5) is 0 Å². The lowest BCUT2D eigenvalue weighted by molar-refractivity contribution is 0.190. The minimum Gasteiger partial charge on any atom is -0.329 e. The Balaban J connectivity index is 2.34. The highest BCUT2D eigenvalue weighted by atomic mass is 15.1. The van der Waals surface area contributed by atoms with E-state index >= 15 is 0 Å². The van der Waals surface area contributed by atoms with Gasteiger partial charge in [-0.3, -0.25) is 0 Å². The van der Waals surface area contributed by atoms with Gasteiger partial charge in [0.2, 0.25) is 0 Å². The Morgan fingerprint density at radius 1 is 1.55 bits per heavy atom. The second-order valence-electron chi connectivity index (χ2n) is 4.10. The Bertz CT molecular complexity index is 130. The van der Waals surface area contributed by atoms with Crippen LogP contribution >= 0.6 is 0 Å². The van der Waals surface area contributed by atoms with Crippen LogP contribution in [0.3, 0.4) is 0 Å². The SMILES string of the molecule is C[C@@H](N(C)CCN)C1(C)CC1. The van der Waals surface area contributed by atoms with Crippen molar-refractivity contribution in [2.24, 2.45) is 11.1 Å². The molecule has 0 heterocycles. The lowest BCUT2D eigenvalue weighted by atomic mass is 10.00. The fourth-order valence-electron chi connectivity index (χ4n) is 1.54. The van der Waals surface area contributed by atoms with Gasteiger partial charge in [-0.2, -0.15) is 0 Å². The highest BCUT2D eigenvalue weighted by Gasteiger charge is 2.43. The van der Waals surface area contributed by atoms with Crippen molar-refractivity contribution in [1.82, 2.24) is 4.90 Å². The van der Waals surface area contributed by atoms with Crippen molar-refractivity contribution in [3.8, 4) is 0 Å². The summed E-state index contributed by atoms with van der Waals surface area (Å²) < 4.78 is 0. The van der Waals surface area contributed by atoms with E-state index in [9.17, 15) is 0 Å². The van der Waals surface area contributed by atoms with E-state index in [4.69, 9.17) is 5.73 Å². The zero-order chi connectivity index (χ0) is 8.48. The third-order valence-corrected chi connectivity index (χ3v) is 3.19. The summed E-state index contributed by atoms with van der Waals surface area (Å²) in [6.07, 6.45) is 2.78. The monoisotopic (exact) mass is 156 g/mol. The Kier molecular flexibility index (Phi) is 2.55. The van der Waals surface area contributed by atoms with Crippen LogP contribution in [0.15, 0.2) is 0 Å². The van der Waals surface area contributed by atoms with E-state index < -0.39 is 0 Å². The molecule has 1 saturated carbocycles. The first-order chi connectivity index (χ1) is 5.10. The Labute approximate surface area is 69.8 Å². The van der Waals surface area contributed by atoms with Gasteiger partial charge in [0.1, 0.15) is 0 Å². The molecule has 0 aromatic heterocycles. The molecular weight excluding hydrogens is 136 g/mol. The molecule has 11 heavy (non-hydrogen) atoms. The molecule has 1 atom stereocenters. The van der Waals surface area contributed by atoms with E-state index in [0.29, 0.717) is 11.5 Å². The smallest absolute Gasteiger partial charge is 0.0118 e. The highest BCUT2D eigenvalue weighted by molar-refractivity contribution is 4.96. The Hall–Kier alpha value is -0.0800. The van der Waals surface area contributed by atoms with Crippen LogP contribution in [-0.4, -0.2) is 31.1 Å². The number of nitrogens with zero attached hydrogens (tertiary/aromatic N) is 1. The van der Waals surface area contributed by atoms with Crippen LogP contribution in [0.2, 0.25) is 0 Å². The van der Waals surface area contributed by atoms with Crippen molar-refractivity contribution >= 4 is 0 Å². The number of hydrogen-bond donors (Lipinski definition) is 1. The van der Waals surface area contributed by atoms with Crippen molar-refractivity contribution in [2.45, 2.75) is 32.7 Å². The second kappa shape index (κ2) is 3.11. The number of likely N-dealkylation sites (N-methyl/N-ethyl adjacent to an activating group) is 1. The molecular formula is C9H20N2. The molecule has 0 amide bonds. The van der Waals surface area contributed by atoms with Gasteiger partial charge in [-0.25, -0.2) is 0 Å². The number of hydrogen-bond acceptors (Lipinski definition) is 2. The van der Waals surface area contributed by atoms with Gasteiger partial charge >= 0.3 is 0 Å². The first-order valence-corrected chi connectivity index (χ1v) is 4.50. The number of rotatable bonds is 4. The maximum absolute atomic E-state index is 5.49. The van der Waals surface area contributed by atoms with Gasteiger partial charge in [0, 0.05) is 19.1 Å². The summed E-state index contributed by atoms with van der Waals surface area (Å²) in [4.78, 5) is 2.37. The second-order valence-corrected chi connectivity index (χ2v) is 4.10. The molecule has 0 saturated heterocycles. The van der Waals surface area contributed by atoms with Gasteiger partial charge < -0.3 is 10.6 Å². The van der Waals surface area contributed by atoms with Gasteiger partial charge in [-0.15, -0.1) is 0 Å². The maximum atomic E-state index is 5.49. The quantitative estimate of drug-likeness (QED) is 0.659. The average Bonchev–Trinajstić information content (AvgIpc) is 2.68. The van der Waals surface area contributed by atoms with E-state index in [-0.39, 0.29) is 0 Å². The summed E-state index contributed by atoms with van der Waals surface area (Å²) >= 11 is 0. The maximum Gasteiger partial charge on any atom is 0.0118 e. The van der Waals surface area contributed by atoms with Gasteiger partial charge in [-0.05, 0) is 32.2 Å². The van der Waals surface area contributed by atoms with Crippen LogP contribution in [0, 0.1) is 5.41 Å². The Morgan fingerprint density at radius 2 is 2.09 bits per heavy atom. The molecule has 0 bridgehead atoms. The third kappa shape index (κ3) is 1.94. The summed E-state index contributed by atoms with van der Waals surface area (Å²) in [6.45, 7) is 6.47. The van der Waals surface area contributed by atoms with Crippen molar-refractivity contribution < 1.29 is 0 Å². The van der Waals surface area contributed by atoms with E-state index in [0.717, 1.165) is 13.1 Å². The van der Waals surface area contributed by atoms with Crippen molar-refractivity contribution in [1.29, 1.82) is 0 Å². The fraction of sp³-hybridized carbons (Fsp3) is 1.00. The van der Waals surface area contributed by atoms with E-state index in [2.05, 4.69) is 25.8 Å². The van der Waals surface area contributed by atoms with Gasteiger partial charge in [0.15, 0.2) is 0 Å². The topological polar surface area (TPSA) is 29.3 Å². The van der Waals surface area contributed by atoms with E-state index in [1.165, 1.54) is 12.8 Å². The molecule has 0 spiro atoms. The van der Waals surface area contributed by atoms with Crippen molar-refractivity contribution in [3.05, 3.63) is 0 Å². The zero-order valence-electron chi connectivity index (χ0n) is 7.93. The van der Waals surface area contributed by atoms with Crippen LogP contribution in [0.25, 0.3) is 0 Å². The zero-order valence-corrected chi connectivity index (χ0v) is 7.93. The third-order valence-electron chi connectivity index (χ3n) is 3.19. The lowest BCUT2D eigenvalue weighted by Crippen LogP contribution is -2.38. The van der Waals surface area contributed by atoms with Crippen LogP contribution in [0.5, 0.6) is 0 Å². The van der Waals surface area contributed by atoms with Crippen molar-refractivity contribution in [2.75, 3.05) is 20.1 Å². The molecule has 1 fully saturated rings. The van der Waals surface area contributed by atoms with E-state index in [1.807, 2.05) is 0 Å². The van der Waals surface area contributed by atoms with Crippen LogP contribution in [0.1, 0.15) is 26.7 Å². The fourth-order valence-corrected chi connectivity index (χ4v) is 1.54. The molecule has 2 heteroatoms. The molecule has 2 nitrogen and oxygen atoms in total. The molecule has 1 aliphatic rings. The predicted molar refractivity (Wildman–Crippen MR) is 48.5 cm³/mol. The van der Waals surface area contributed by atoms with Gasteiger partial charge in [0.05, 0.1) is 0 Å². The first-order valence-electron chi connectivity index (χ1n) is 4.50. The van der Waals surface area contributed by atoms with Gasteiger partial charge in [-0.1, -0.05) is 6.92 Å². The molecule has 0 aliphatic heterocycles. The molecule has 0 aromatic carbocycles. The van der Waals surface area contributed by atoms with E-state index in [1.54, 1.807) is 0 Å². The molecule has 0 radical (unpaired) electrons. The molecule has 0 unspecified atom stereocenters. The summed E-state index contributed by atoms with van der Waals surface area (Å²) in [5, 5.41) is 0. The standard InChI is InChI=1S/C9H20N2/c1-8(9(2)4-5-9)11(3)7-6-10/h8H,4-7,10H2,1-3H3/t8-/m1/s1.